The number of hydrogen-bond acceptors (Lipinski definition) is 4. The average Bonchev–Trinajstić information content (AvgIpc) is 2.94. The Hall–Kier alpha value is -1.08. The van der Waals surface area contributed by atoms with E-state index >= 15 is 0 Å². The molecule has 4 bridgehead atoms. The highest BCUT2D eigenvalue weighted by molar-refractivity contribution is 14.1. The van der Waals surface area contributed by atoms with Crippen LogP contribution in [0.1, 0.15) is 70.9 Å². The largest absolute Gasteiger partial charge is 0.481 e. The Morgan fingerprint density at radius 2 is 1.49 bits per heavy atom. The third-order valence-electron chi connectivity index (χ3n) is 9.70. The van der Waals surface area contributed by atoms with E-state index in [-0.39, 0.29) is 44.8 Å². The van der Waals surface area contributed by atoms with Crippen molar-refractivity contribution in [3.63, 3.8) is 0 Å². The number of benzene rings is 3. The molecule has 3 aromatic carbocycles. The maximum atomic E-state index is 13.0. The zero-order chi connectivity index (χ0) is 30.5. The SMILES string of the molecule is Cc1cc(Oc2cc(I)c(OCC(=O)OC3(C)C4CC5CC(C4)CC3C5)cc2I)ccc1[I+]c1ccc(C(C)(C)C)cc1. The summed E-state index contributed by atoms with van der Waals surface area (Å²) in [6.07, 6.45) is 6.24. The lowest BCUT2D eigenvalue weighted by Crippen LogP contribution is -3.61. The summed E-state index contributed by atoms with van der Waals surface area (Å²) in [4.78, 5) is 13.0. The predicted octanol–water partition coefficient (Wildman–Crippen LogP) is 6.56. The van der Waals surface area contributed by atoms with Gasteiger partial charge in [0.1, 0.15) is 22.8 Å². The molecule has 0 aliphatic heterocycles. The highest BCUT2D eigenvalue weighted by atomic mass is 127. The van der Waals surface area contributed by atoms with Gasteiger partial charge in [-0.3, -0.25) is 0 Å². The van der Waals surface area contributed by atoms with Crippen LogP contribution in [0.3, 0.4) is 0 Å². The van der Waals surface area contributed by atoms with E-state index in [9.17, 15) is 4.79 Å². The molecule has 4 fully saturated rings. The summed E-state index contributed by atoms with van der Waals surface area (Å²) in [6, 6.07) is 19.4. The summed E-state index contributed by atoms with van der Waals surface area (Å²) >= 11 is 4.26. The molecular weight excluding hydrogens is 877 g/mol. The first-order valence-electron chi connectivity index (χ1n) is 15.2. The van der Waals surface area contributed by atoms with Crippen LogP contribution in [-0.2, 0) is 14.9 Å². The second-order valence-electron chi connectivity index (χ2n) is 13.8. The van der Waals surface area contributed by atoms with Crippen LogP contribution in [0.2, 0.25) is 0 Å². The van der Waals surface area contributed by atoms with Crippen molar-refractivity contribution in [2.45, 2.75) is 77.7 Å². The molecule has 228 valence electrons. The highest BCUT2D eigenvalue weighted by Gasteiger charge is 2.57. The van der Waals surface area contributed by atoms with Crippen molar-refractivity contribution in [1.29, 1.82) is 0 Å². The number of carbonyl (C=O) groups excluding carboxylic acids is 1. The van der Waals surface area contributed by atoms with Crippen molar-refractivity contribution in [1.82, 2.24) is 0 Å². The minimum atomic E-state index is -0.334. The summed E-state index contributed by atoms with van der Waals surface area (Å²) in [5, 5.41) is 0. The molecule has 4 saturated carbocycles. The standard InChI is InChI=1S/C36H40I3O4/c1-21-12-28(10-11-31(21)39-27-8-6-24(7-9-27)35(2,3)4)42-33-19-29(37)32(18-30(33)38)41-20-34(40)43-36(5)25-14-22-13-23(16-25)17-26(36)15-22/h6-12,18-19,22-23,25-26H,13-17,20H2,1-5H3/q+1. The van der Waals surface area contributed by atoms with Crippen LogP contribution in [0.15, 0.2) is 54.6 Å². The second kappa shape index (κ2) is 12.6. The first kappa shape index (κ1) is 31.9. The summed E-state index contributed by atoms with van der Waals surface area (Å²) in [5.41, 5.74) is 2.46. The van der Waals surface area contributed by atoms with Gasteiger partial charge < -0.3 is 14.2 Å². The molecule has 7 heteroatoms. The van der Waals surface area contributed by atoms with Crippen molar-refractivity contribution in [3.8, 4) is 17.2 Å². The van der Waals surface area contributed by atoms with Gasteiger partial charge in [-0.15, -0.1) is 0 Å². The molecule has 0 heterocycles. The third kappa shape index (κ3) is 7.03. The molecule has 0 spiro atoms. The quantitative estimate of drug-likeness (QED) is 0.190. The average molecular weight is 917 g/mol. The predicted molar refractivity (Wildman–Crippen MR) is 183 cm³/mol. The van der Waals surface area contributed by atoms with E-state index < -0.39 is 0 Å². The molecule has 0 saturated heterocycles. The van der Waals surface area contributed by atoms with Crippen LogP contribution in [0.5, 0.6) is 17.2 Å². The summed E-state index contributed by atoms with van der Waals surface area (Å²) in [7, 11) is 0. The second-order valence-corrected chi connectivity index (χ2v) is 19.1. The van der Waals surface area contributed by atoms with E-state index in [1.165, 1.54) is 50.4 Å². The number of carbonyl (C=O) groups is 1. The monoisotopic (exact) mass is 917 g/mol. The van der Waals surface area contributed by atoms with E-state index in [0.29, 0.717) is 17.6 Å². The maximum Gasteiger partial charge on any atom is 0.358 e. The Balaban J connectivity index is 1.06. The van der Waals surface area contributed by atoms with Gasteiger partial charge in [0.2, 0.25) is 0 Å². The first-order chi connectivity index (χ1) is 20.4. The Bertz CT molecular complexity index is 1480. The maximum absolute atomic E-state index is 13.0. The van der Waals surface area contributed by atoms with Gasteiger partial charge in [0.15, 0.2) is 13.7 Å². The molecule has 43 heavy (non-hydrogen) atoms. The van der Waals surface area contributed by atoms with Crippen LogP contribution in [0.25, 0.3) is 0 Å². The van der Waals surface area contributed by atoms with Crippen LogP contribution in [0, 0.1) is 44.9 Å². The lowest BCUT2D eigenvalue weighted by molar-refractivity contribution is -0.598. The molecule has 0 amide bonds. The number of rotatable bonds is 8. The van der Waals surface area contributed by atoms with Gasteiger partial charge in [-0.1, -0.05) is 32.9 Å². The number of aryl methyl sites for hydroxylation is 1. The zero-order valence-corrected chi connectivity index (χ0v) is 32.0. The van der Waals surface area contributed by atoms with E-state index in [1.807, 2.05) is 12.1 Å². The molecule has 0 unspecified atom stereocenters. The van der Waals surface area contributed by atoms with Gasteiger partial charge in [0.05, 0.1) is 7.14 Å². The van der Waals surface area contributed by atoms with Crippen molar-refractivity contribution < 1.29 is 40.2 Å². The molecule has 7 rings (SSSR count). The fourth-order valence-electron chi connectivity index (χ4n) is 7.44. The van der Waals surface area contributed by atoms with Gasteiger partial charge in [-0.2, -0.15) is 0 Å². The molecule has 0 aromatic heterocycles. The number of hydrogen-bond donors (Lipinski definition) is 0. The van der Waals surface area contributed by atoms with Gasteiger partial charge in [0.25, 0.3) is 0 Å². The summed E-state index contributed by atoms with van der Waals surface area (Å²) < 4.78 is 23.2. The lowest BCUT2D eigenvalue weighted by Gasteiger charge is -2.59. The van der Waals surface area contributed by atoms with E-state index in [0.717, 1.165) is 30.5 Å². The van der Waals surface area contributed by atoms with E-state index in [2.05, 4.69) is 122 Å². The van der Waals surface area contributed by atoms with Crippen molar-refractivity contribution in [2.75, 3.05) is 6.61 Å². The lowest BCUT2D eigenvalue weighted by atomic mass is 9.50. The van der Waals surface area contributed by atoms with Crippen LogP contribution >= 0.6 is 45.2 Å². The molecule has 0 atom stereocenters. The fourth-order valence-corrected chi connectivity index (χ4v) is 10.9. The Morgan fingerprint density at radius 3 is 2.09 bits per heavy atom. The van der Waals surface area contributed by atoms with Crippen molar-refractivity contribution in [3.05, 3.63) is 80.0 Å². The third-order valence-corrected chi connectivity index (χ3v) is 14.5. The number of halogens is 3. The molecule has 4 aliphatic carbocycles. The highest BCUT2D eigenvalue weighted by Crippen LogP contribution is 2.59. The number of esters is 1. The molecule has 4 aliphatic rings. The fraction of sp³-hybridized carbons (Fsp3) is 0.472. The van der Waals surface area contributed by atoms with Gasteiger partial charge >= 0.3 is 27.2 Å². The number of ether oxygens (including phenoxy) is 3. The molecule has 0 radical (unpaired) electrons. The zero-order valence-electron chi connectivity index (χ0n) is 25.5. The molecule has 0 N–H and O–H groups in total. The Labute approximate surface area is 294 Å². The molecular formula is C36H40I3O4+. The van der Waals surface area contributed by atoms with E-state index in [1.54, 1.807) is 0 Å². The minimum absolute atomic E-state index is 0.0726. The van der Waals surface area contributed by atoms with Crippen molar-refractivity contribution in [2.24, 2.45) is 23.7 Å². The van der Waals surface area contributed by atoms with Gasteiger partial charge in [-0.25, -0.2) is 4.79 Å². The Morgan fingerprint density at radius 1 is 0.884 bits per heavy atom. The Kier molecular flexibility index (Phi) is 9.35. The summed E-state index contributed by atoms with van der Waals surface area (Å²) in [5.74, 6) is 4.71. The van der Waals surface area contributed by atoms with Gasteiger partial charge in [0, 0.05) is 5.56 Å². The van der Waals surface area contributed by atoms with Crippen LogP contribution in [0.4, 0.5) is 0 Å². The molecule has 3 aromatic rings. The minimum Gasteiger partial charge on any atom is -0.481 e. The normalized spacial score (nSPS) is 25.9. The van der Waals surface area contributed by atoms with Crippen LogP contribution in [-0.4, -0.2) is 18.2 Å². The smallest absolute Gasteiger partial charge is 0.358 e. The first-order valence-corrected chi connectivity index (χ1v) is 19.6. The van der Waals surface area contributed by atoms with Crippen LogP contribution < -0.4 is 30.7 Å². The molecule has 4 nitrogen and oxygen atoms in total. The van der Waals surface area contributed by atoms with Crippen molar-refractivity contribution >= 4 is 51.2 Å². The van der Waals surface area contributed by atoms with Gasteiger partial charge in [-0.05, 0) is 168 Å². The summed E-state index contributed by atoms with van der Waals surface area (Å²) in [6.45, 7) is 11.0. The van der Waals surface area contributed by atoms with E-state index in [4.69, 9.17) is 14.2 Å². The topological polar surface area (TPSA) is 44.8 Å².